The number of halogens is 4. The molecular formula is C16H31F3IN5O. The summed E-state index contributed by atoms with van der Waals surface area (Å²) in [5, 5.41) is 3.27. The van der Waals surface area contributed by atoms with Gasteiger partial charge in [-0.3, -0.25) is 9.69 Å². The fourth-order valence-corrected chi connectivity index (χ4v) is 2.37. The molecule has 26 heavy (non-hydrogen) atoms. The van der Waals surface area contributed by atoms with Crippen molar-refractivity contribution in [1.82, 2.24) is 20.0 Å². The summed E-state index contributed by atoms with van der Waals surface area (Å²) < 4.78 is 38.6. The van der Waals surface area contributed by atoms with E-state index in [0.717, 1.165) is 6.42 Å². The van der Waals surface area contributed by atoms with E-state index < -0.39 is 12.2 Å². The first kappa shape index (κ1) is 25.2. The van der Waals surface area contributed by atoms with E-state index in [1.165, 1.54) is 16.7 Å². The lowest BCUT2D eigenvalue weighted by atomic mass is 10.2. The van der Waals surface area contributed by atoms with Gasteiger partial charge < -0.3 is 15.1 Å². The van der Waals surface area contributed by atoms with Crippen LogP contribution in [0.3, 0.4) is 0 Å². The maximum atomic E-state index is 12.9. The molecule has 154 valence electrons. The maximum Gasteiger partial charge on any atom is 0.403 e. The number of aliphatic imine (C=N–C) groups is 1. The Bertz CT molecular complexity index is 465. The third-order valence-electron chi connectivity index (χ3n) is 4.49. The van der Waals surface area contributed by atoms with Crippen LogP contribution in [-0.4, -0.2) is 91.6 Å². The zero-order valence-corrected chi connectivity index (χ0v) is 18.5. The summed E-state index contributed by atoms with van der Waals surface area (Å²) in [5.41, 5.74) is 0. The van der Waals surface area contributed by atoms with Crippen molar-refractivity contribution in [2.75, 3.05) is 46.8 Å². The zero-order valence-electron chi connectivity index (χ0n) is 16.1. The summed E-state index contributed by atoms with van der Waals surface area (Å²) in [6.07, 6.45) is -3.34. The van der Waals surface area contributed by atoms with Crippen molar-refractivity contribution >= 4 is 35.8 Å². The van der Waals surface area contributed by atoms with Gasteiger partial charge in [-0.2, -0.15) is 13.2 Å². The highest BCUT2D eigenvalue weighted by atomic mass is 127. The molecule has 0 aromatic carbocycles. The molecule has 1 heterocycles. The minimum absolute atomic E-state index is 0. The van der Waals surface area contributed by atoms with E-state index in [9.17, 15) is 18.0 Å². The van der Waals surface area contributed by atoms with Crippen LogP contribution < -0.4 is 5.32 Å². The number of carbonyl (C=O) groups excluding carboxylic acids is 1. The van der Waals surface area contributed by atoms with Crippen molar-refractivity contribution in [1.29, 1.82) is 0 Å². The molecule has 0 aliphatic carbocycles. The van der Waals surface area contributed by atoms with Crippen LogP contribution in [0.15, 0.2) is 4.99 Å². The maximum absolute atomic E-state index is 12.9. The number of hydrogen-bond donors (Lipinski definition) is 1. The van der Waals surface area contributed by atoms with Gasteiger partial charge in [0.1, 0.15) is 12.6 Å². The molecule has 1 aliphatic heterocycles. The van der Waals surface area contributed by atoms with E-state index in [1.807, 2.05) is 18.7 Å². The molecule has 1 fully saturated rings. The van der Waals surface area contributed by atoms with E-state index in [0.29, 0.717) is 32.1 Å². The van der Waals surface area contributed by atoms with E-state index >= 15 is 0 Å². The normalized spacial score (nSPS) is 18.8. The predicted molar refractivity (Wildman–Crippen MR) is 108 cm³/mol. The summed E-state index contributed by atoms with van der Waals surface area (Å²) >= 11 is 0. The van der Waals surface area contributed by atoms with Crippen molar-refractivity contribution in [2.24, 2.45) is 4.99 Å². The van der Waals surface area contributed by atoms with Gasteiger partial charge in [-0.05, 0) is 20.3 Å². The Labute approximate surface area is 171 Å². The van der Waals surface area contributed by atoms with Crippen LogP contribution in [0.4, 0.5) is 13.2 Å². The molecule has 0 bridgehead atoms. The number of hydrogen-bond acceptors (Lipinski definition) is 3. The smallest absolute Gasteiger partial charge is 0.354 e. The molecule has 1 amide bonds. The molecule has 6 nitrogen and oxygen atoms in total. The molecule has 0 aromatic heterocycles. The standard InChI is InChI=1S/C16H30F3N5O.HI/c1-6-12(2)21-15(20-11-14(25)22(4)5)24-9-7-23(8-10-24)13(3)16(17,18)19;/h12-13H,6-11H2,1-5H3,(H,20,21);1H. The number of piperazine rings is 1. The van der Waals surface area contributed by atoms with Gasteiger partial charge in [-0.15, -0.1) is 24.0 Å². The van der Waals surface area contributed by atoms with Gasteiger partial charge in [0.15, 0.2) is 5.96 Å². The van der Waals surface area contributed by atoms with Crippen LogP contribution >= 0.6 is 24.0 Å². The van der Waals surface area contributed by atoms with Gasteiger partial charge in [0.05, 0.1) is 0 Å². The summed E-state index contributed by atoms with van der Waals surface area (Å²) in [6.45, 7) is 6.75. The molecule has 2 unspecified atom stereocenters. The average Bonchev–Trinajstić information content (AvgIpc) is 2.56. The van der Waals surface area contributed by atoms with Gasteiger partial charge in [0, 0.05) is 46.3 Å². The summed E-state index contributed by atoms with van der Waals surface area (Å²) in [4.78, 5) is 21.0. The fraction of sp³-hybridized carbons (Fsp3) is 0.875. The molecule has 0 aromatic rings. The second kappa shape index (κ2) is 11.2. The summed E-state index contributed by atoms with van der Waals surface area (Å²) in [5.74, 6) is 0.469. The van der Waals surface area contributed by atoms with Crippen molar-refractivity contribution in [3.8, 4) is 0 Å². The molecule has 1 aliphatic rings. The van der Waals surface area contributed by atoms with Crippen LogP contribution in [0.25, 0.3) is 0 Å². The van der Waals surface area contributed by atoms with Gasteiger partial charge in [0.2, 0.25) is 5.91 Å². The monoisotopic (exact) mass is 493 g/mol. The largest absolute Gasteiger partial charge is 0.403 e. The van der Waals surface area contributed by atoms with E-state index in [4.69, 9.17) is 0 Å². The lowest BCUT2D eigenvalue weighted by Gasteiger charge is -2.40. The Kier molecular flexibility index (Phi) is 10.8. The molecule has 0 saturated carbocycles. The van der Waals surface area contributed by atoms with Crippen molar-refractivity contribution in [3.63, 3.8) is 0 Å². The Hall–Kier alpha value is -0.780. The Balaban J connectivity index is 0.00000625. The van der Waals surface area contributed by atoms with Gasteiger partial charge in [-0.1, -0.05) is 6.92 Å². The highest BCUT2D eigenvalue weighted by Gasteiger charge is 2.41. The van der Waals surface area contributed by atoms with E-state index in [-0.39, 0.29) is 42.5 Å². The third kappa shape index (κ3) is 7.85. The summed E-state index contributed by atoms with van der Waals surface area (Å²) in [6, 6.07) is -1.28. The van der Waals surface area contributed by atoms with Gasteiger partial charge in [0.25, 0.3) is 0 Å². The summed E-state index contributed by atoms with van der Waals surface area (Å²) in [7, 11) is 3.33. The highest BCUT2D eigenvalue weighted by molar-refractivity contribution is 14.0. The lowest BCUT2D eigenvalue weighted by Crippen LogP contribution is -2.57. The molecule has 2 atom stereocenters. The predicted octanol–water partition coefficient (Wildman–Crippen LogP) is 2.01. The number of guanidine groups is 1. The molecule has 10 heteroatoms. The first-order valence-electron chi connectivity index (χ1n) is 8.63. The van der Waals surface area contributed by atoms with Crippen LogP contribution in [0, 0.1) is 0 Å². The SMILES string of the molecule is CCC(C)NC(=NCC(=O)N(C)C)N1CCN(C(C)C(F)(F)F)CC1.I. The third-order valence-corrected chi connectivity index (χ3v) is 4.49. The molecule has 1 rings (SSSR count). The van der Waals surface area contributed by atoms with Crippen molar-refractivity contribution < 1.29 is 18.0 Å². The van der Waals surface area contributed by atoms with Gasteiger partial charge in [-0.25, -0.2) is 4.99 Å². The zero-order chi connectivity index (χ0) is 19.2. The van der Waals surface area contributed by atoms with Crippen molar-refractivity contribution in [2.45, 2.75) is 45.5 Å². The number of nitrogens with one attached hydrogen (secondary N) is 1. The molecule has 0 radical (unpaired) electrons. The average molecular weight is 493 g/mol. The van der Waals surface area contributed by atoms with Crippen LogP contribution in [0.5, 0.6) is 0 Å². The topological polar surface area (TPSA) is 51.2 Å². The minimum Gasteiger partial charge on any atom is -0.354 e. The fourth-order valence-electron chi connectivity index (χ4n) is 2.37. The minimum atomic E-state index is -4.22. The number of alkyl halides is 3. The second-order valence-corrected chi connectivity index (χ2v) is 6.62. The highest BCUT2D eigenvalue weighted by Crippen LogP contribution is 2.25. The Morgan fingerprint density at radius 3 is 2.15 bits per heavy atom. The number of likely N-dealkylation sites (N-methyl/N-ethyl adjacent to an activating group) is 1. The van der Waals surface area contributed by atoms with Crippen LogP contribution in [-0.2, 0) is 4.79 Å². The Morgan fingerprint density at radius 1 is 1.19 bits per heavy atom. The molecule has 0 spiro atoms. The number of rotatable bonds is 5. The molecule has 1 N–H and O–H groups in total. The molecular weight excluding hydrogens is 462 g/mol. The van der Waals surface area contributed by atoms with Gasteiger partial charge >= 0.3 is 6.18 Å². The van der Waals surface area contributed by atoms with E-state index in [2.05, 4.69) is 10.3 Å². The van der Waals surface area contributed by atoms with E-state index in [1.54, 1.807) is 14.1 Å². The number of amides is 1. The quantitative estimate of drug-likeness (QED) is 0.362. The van der Waals surface area contributed by atoms with Crippen molar-refractivity contribution in [3.05, 3.63) is 0 Å². The number of nitrogens with zero attached hydrogens (tertiary/aromatic N) is 4. The molecule has 1 saturated heterocycles. The first-order valence-corrected chi connectivity index (χ1v) is 8.63. The number of carbonyl (C=O) groups is 1. The lowest BCUT2D eigenvalue weighted by molar-refractivity contribution is -0.181. The Morgan fingerprint density at radius 2 is 1.73 bits per heavy atom. The second-order valence-electron chi connectivity index (χ2n) is 6.62. The first-order chi connectivity index (χ1) is 11.6. The van der Waals surface area contributed by atoms with Crippen LogP contribution in [0.2, 0.25) is 0 Å². The van der Waals surface area contributed by atoms with Crippen LogP contribution in [0.1, 0.15) is 27.2 Å².